The van der Waals surface area contributed by atoms with Crippen molar-refractivity contribution in [3.8, 4) is 5.75 Å². The van der Waals surface area contributed by atoms with Gasteiger partial charge < -0.3 is 10.9 Å². The summed E-state index contributed by atoms with van der Waals surface area (Å²) in [6.45, 7) is 6.85. The second-order valence-corrected chi connectivity index (χ2v) is 6.86. The number of esters is 1. The third kappa shape index (κ3) is 6.13. The molecule has 0 unspecified atom stereocenters. The molecule has 0 aromatic heterocycles. The molecule has 0 radical (unpaired) electrons. The van der Waals surface area contributed by atoms with Gasteiger partial charge in [-0.3, -0.25) is 4.79 Å². The fourth-order valence-electron chi connectivity index (χ4n) is 2.13. The quantitative estimate of drug-likeness (QED) is 0.433. The zero-order valence-electron chi connectivity index (χ0n) is 16.7. The van der Waals surface area contributed by atoms with Crippen molar-refractivity contribution in [2.75, 3.05) is 0 Å². The van der Waals surface area contributed by atoms with Gasteiger partial charge in [0.2, 0.25) is 0 Å². The Hall–Kier alpha value is -1.33. The fraction of sp³-hybridized carbons (Fsp3) is 0.300. The zero-order valence-corrected chi connectivity index (χ0v) is 18.5. The van der Waals surface area contributed by atoms with Crippen molar-refractivity contribution < 1.29 is 50.0 Å². The third-order valence-electron chi connectivity index (χ3n) is 3.43. The normalized spacial score (nSPS) is 10.8. The van der Waals surface area contributed by atoms with Crippen molar-refractivity contribution in [3.63, 3.8) is 0 Å². The van der Waals surface area contributed by atoms with Crippen LogP contribution in [0.1, 0.15) is 45.0 Å². The number of carbonyl (C=O) groups excluding carboxylic acids is 2. The largest absolute Gasteiger partial charge is 1.00 e. The van der Waals surface area contributed by atoms with Crippen LogP contribution in [0, 0.1) is 0 Å². The van der Waals surface area contributed by atoms with Crippen LogP contribution in [0.5, 0.6) is 5.75 Å². The van der Waals surface area contributed by atoms with Crippen LogP contribution in [0.2, 0.25) is 5.02 Å². The minimum Gasteiger partial charge on any atom is -1.00 e. The van der Waals surface area contributed by atoms with E-state index in [-0.39, 0.29) is 42.9 Å². The van der Waals surface area contributed by atoms with E-state index in [1.807, 2.05) is 0 Å². The number of carbonyl (C=O) groups is 2. The van der Waals surface area contributed by atoms with E-state index in [0.29, 0.717) is 21.9 Å². The van der Waals surface area contributed by atoms with E-state index in [1.165, 1.54) is 0 Å². The van der Waals surface area contributed by atoms with Gasteiger partial charge in [-0.2, -0.15) is 0 Å². The van der Waals surface area contributed by atoms with E-state index in [9.17, 15) is 9.59 Å². The Kier molecular flexibility index (Phi) is 8.35. The van der Waals surface area contributed by atoms with E-state index in [2.05, 4.69) is 0 Å². The first-order valence-corrected chi connectivity index (χ1v) is 8.37. The summed E-state index contributed by atoms with van der Waals surface area (Å²) in [5.74, 6) is -0.0659. The summed E-state index contributed by atoms with van der Waals surface area (Å²) in [4.78, 5) is 24.5. The Balaban J connectivity index is 0.00000338. The molecule has 0 bridgehead atoms. The maximum Gasteiger partial charge on any atom is 1.00 e. The first-order chi connectivity index (χ1) is 11.7. The first kappa shape index (κ1) is 22.7. The van der Waals surface area contributed by atoms with Crippen LogP contribution in [-0.2, 0) is 9.53 Å². The van der Waals surface area contributed by atoms with Crippen molar-refractivity contribution in [2.24, 2.45) is 0 Å². The minimum absolute atomic E-state index is 0. The number of hydrogen-bond acceptors (Lipinski definition) is 4. The van der Waals surface area contributed by atoms with Crippen molar-refractivity contribution in [1.29, 1.82) is 0 Å². The maximum atomic E-state index is 12.4. The van der Waals surface area contributed by atoms with Crippen molar-refractivity contribution in [3.05, 3.63) is 64.7 Å². The predicted octanol–water partition coefficient (Wildman–Crippen LogP) is 1.80. The van der Waals surface area contributed by atoms with Gasteiger partial charge in [-0.05, 0) is 76.2 Å². The molecule has 2 aromatic rings. The summed E-state index contributed by atoms with van der Waals surface area (Å²) in [6, 6.07) is 13.4. The van der Waals surface area contributed by atoms with Crippen LogP contribution in [0.15, 0.2) is 48.5 Å². The van der Waals surface area contributed by atoms with Gasteiger partial charge in [0.15, 0.2) is 11.4 Å². The molecular weight excluding hydrogens is 363 g/mol. The predicted molar refractivity (Wildman–Crippen MR) is 98.4 cm³/mol. The number of ketones is 1. The molecule has 0 N–H and O–H groups in total. The molecule has 0 aliphatic rings. The van der Waals surface area contributed by atoms with Crippen LogP contribution in [0.25, 0.3) is 0 Å². The van der Waals surface area contributed by atoms with Crippen LogP contribution >= 0.6 is 11.6 Å². The van der Waals surface area contributed by atoms with E-state index in [4.69, 9.17) is 21.1 Å². The molecule has 0 heterocycles. The van der Waals surface area contributed by atoms with Gasteiger partial charge in [-0.25, -0.2) is 4.79 Å². The van der Waals surface area contributed by atoms with E-state index in [1.54, 1.807) is 76.2 Å². The van der Waals surface area contributed by atoms with Gasteiger partial charge >= 0.3 is 35.5 Å². The third-order valence-corrected chi connectivity index (χ3v) is 3.68. The van der Waals surface area contributed by atoms with Crippen LogP contribution in [0.3, 0.4) is 0 Å². The molecular formula is C20H22ClNaO4. The number of rotatable bonds is 6. The van der Waals surface area contributed by atoms with Gasteiger partial charge in [0.25, 0.3) is 0 Å². The molecule has 2 rings (SSSR count). The molecule has 0 aliphatic carbocycles. The Morgan fingerprint density at radius 1 is 0.962 bits per heavy atom. The Morgan fingerprint density at radius 3 is 1.88 bits per heavy atom. The number of hydrogen-bond donors (Lipinski definition) is 0. The molecule has 2 aromatic carbocycles. The second kappa shape index (κ2) is 9.56. The van der Waals surface area contributed by atoms with Gasteiger partial charge in [-0.1, -0.05) is 11.6 Å². The SMILES string of the molecule is CC(C)OC(=O)C(C)(C)Oc1ccc(C(=O)c2ccc(Cl)cc2)cc1.[H-].[Na+]. The zero-order chi connectivity index (χ0) is 18.6. The first-order valence-electron chi connectivity index (χ1n) is 7.99. The van der Waals surface area contributed by atoms with Crippen LogP contribution in [0.4, 0.5) is 0 Å². The van der Waals surface area contributed by atoms with Gasteiger partial charge in [0, 0.05) is 16.1 Å². The summed E-state index contributed by atoms with van der Waals surface area (Å²) in [6.07, 6.45) is -0.213. The van der Waals surface area contributed by atoms with E-state index >= 15 is 0 Å². The minimum atomic E-state index is -1.12. The molecule has 0 amide bonds. The fourth-order valence-corrected chi connectivity index (χ4v) is 2.26. The topological polar surface area (TPSA) is 52.6 Å². The number of halogens is 1. The monoisotopic (exact) mass is 384 g/mol. The second-order valence-electron chi connectivity index (χ2n) is 6.43. The van der Waals surface area contributed by atoms with Crippen molar-refractivity contribution in [2.45, 2.75) is 39.4 Å². The summed E-state index contributed by atoms with van der Waals surface area (Å²) >= 11 is 5.84. The number of benzene rings is 2. The summed E-state index contributed by atoms with van der Waals surface area (Å²) in [5.41, 5.74) is -0.0393. The molecule has 0 atom stereocenters. The molecule has 0 aliphatic heterocycles. The van der Waals surface area contributed by atoms with Crippen LogP contribution in [-0.4, -0.2) is 23.5 Å². The molecule has 0 spiro atoms. The summed E-state index contributed by atoms with van der Waals surface area (Å²) in [7, 11) is 0. The molecule has 4 nitrogen and oxygen atoms in total. The Bertz CT molecular complexity index is 759. The molecule has 26 heavy (non-hydrogen) atoms. The molecule has 0 saturated heterocycles. The molecule has 6 heteroatoms. The van der Waals surface area contributed by atoms with Gasteiger partial charge in [-0.15, -0.1) is 0 Å². The average Bonchev–Trinajstić information content (AvgIpc) is 2.54. The van der Waals surface area contributed by atoms with Gasteiger partial charge in [0.05, 0.1) is 6.10 Å². The van der Waals surface area contributed by atoms with Crippen molar-refractivity contribution in [1.82, 2.24) is 0 Å². The molecule has 0 fully saturated rings. The Morgan fingerprint density at radius 2 is 1.42 bits per heavy atom. The molecule has 134 valence electrons. The average molecular weight is 385 g/mol. The summed E-state index contributed by atoms with van der Waals surface area (Å²) < 4.78 is 10.9. The van der Waals surface area contributed by atoms with E-state index < -0.39 is 11.6 Å². The van der Waals surface area contributed by atoms with Crippen LogP contribution < -0.4 is 34.3 Å². The summed E-state index contributed by atoms with van der Waals surface area (Å²) in [5, 5.41) is 0.579. The Labute approximate surface area is 182 Å². The van der Waals surface area contributed by atoms with Crippen molar-refractivity contribution >= 4 is 23.4 Å². The smallest absolute Gasteiger partial charge is 1.00 e. The maximum absolute atomic E-state index is 12.4. The molecule has 0 saturated carbocycles. The van der Waals surface area contributed by atoms with E-state index in [0.717, 1.165) is 0 Å². The number of ether oxygens (including phenoxy) is 2. The van der Waals surface area contributed by atoms with Gasteiger partial charge in [0.1, 0.15) is 5.75 Å². The standard InChI is InChI=1S/C20H21ClO4.Na.H/c1-13(2)24-19(23)20(3,4)25-17-11-7-15(8-12-17)18(22)14-5-9-16(21)10-6-14;;/h5-13H,1-4H3;;/q;+1;-1.